The lowest BCUT2D eigenvalue weighted by molar-refractivity contribution is 0.0569. The van der Waals surface area contributed by atoms with Crippen molar-refractivity contribution in [1.82, 2.24) is 9.88 Å². The van der Waals surface area contributed by atoms with Gasteiger partial charge in [0.05, 0.1) is 12.2 Å². The van der Waals surface area contributed by atoms with Crippen LogP contribution in [-0.2, 0) is 4.74 Å². The van der Waals surface area contributed by atoms with Gasteiger partial charge in [-0.25, -0.2) is 4.79 Å². The first-order chi connectivity index (χ1) is 10.1. The lowest BCUT2D eigenvalue weighted by Gasteiger charge is -2.30. The molecule has 0 atom stereocenters. The number of nitrogens with zero attached hydrogens (tertiary/aromatic N) is 2. The molecular weight excluding hydrogens is 272 g/mol. The predicted octanol–water partition coefficient (Wildman–Crippen LogP) is 2.06. The largest absolute Gasteiger partial charge is 0.478 e. The summed E-state index contributed by atoms with van der Waals surface area (Å²) in [6.07, 6.45) is 3.02. The number of carbonyl (C=O) groups excluding carboxylic acids is 1. The monoisotopic (exact) mass is 294 g/mol. The van der Waals surface area contributed by atoms with Gasteiger partial charge in [-0.1, -0.05) is 13.8 Å². The minimum absolute atomic E-state index is 0.0204. The normalized spacial score (nSPS) is 10.7. The van der Waals surface area contributed by atoms with Crippen LogP contribution >= 0.6 is 0 Å². The van der Waals surface area contributed by atoms with E-state index in [1.165, 1.54) is 18.3 Å². The molecule has 6 heteroatoms. The van der Waals surface area contributed by atoms with Crippen molar-refractivity contribution in [2.24, 2.45) is 0 Å². The molecule has 116 valence electrons. The molecule has 0 spiro atoms. The van der Waals surface area contributed by atoms with E-state index in [9.17, 15) is 14.7 Å². The molecular formula is C15H22N2O4. The molecule has 1 heterocycles. The van der Waals surface area contributed by atoms with E-state index in [2.05, 4.69) is 4.98 Å². The standard InChI is InChI=1S/C15H22N2O4/c1-4-11(5-2)17(9-10-21-3)14(18)13-12(15(19)20)7-6-8-16-13/h6-8,11H,4-5,9-10H2,1-3H3,(H,19,20). The van der Waals surface area contributed by atoms with Gasteiger partial charge in [0.2, 0.25) is 0 Å². The Morgan fingerprint density at radius 2 is 2.05 bits per heavy atom. The SMILES string of the molecule is CCC(CC)N(CCOC)C(=O)c1ncccc1C(=O)O. The smallest absolute Gasteiger partial charge is 0.338 e. The van der Waals surface area contributed by atoms with Gasteiger partial charge in [-0.3, -0.25) is 9.78 Å². The summed E-state index contributed by atoms with van der Waals surface area (Å²) in [5.41, 5.74) is -0.0936. The number of carboxylic acid groups (broad SMARTS) is 1. The molecule has 0 fully saturated rings. The number of ether oxygens (including phenoxy) is 1. The summed E-state index contributed by atoms with van der Waals surface area (Å²) in [6, 6.07) is 2.94. The van der Waals surface area contributed by atoms with Gasteiger partial charge < -0.3 is 14.7 Å². The molecule has 1 N–H and O–H groups in total. The average molecular weight is 294 g/mol. The van der Waals surface area contributed by atoms with Crippen molar-refractivity contribution in [3.63, 3.8) is 0 Å². The molecule has 21 heavy (non-hydrogen) atoms. The minimum Gasteiger partial charge on any atom is -0.478 e. The molecule has 0 radical (unpaired) electrons. The fraction of sp³-hybridized carbons (Fsp3) is 0.533. The number of aromatic carboxylic acids is 1. The minimum atomic E-state index is -1.15. The third-order valence-corrected chi connectivity index (χ3v) is 3.42. The molecule has 0 aliphatic carbocycles. The van der Waals surface area contributed by atoms with Gasteiger partial charge in [0, 0.05) is 25.9 Å². The maximum Gasteiger partial charge on any atom is 0.338 e. The molecule has 0 saturated carbocycles. The van der Waals surface area contributed by atoms with E-state index in [0.717, 1.165) is 12.8 Å². The maximum absolute atomic E-state index is 12.7. The van der Waals surface area contributed by atoms with Gasteiger partial charge in [-0.2, -0.15) is 0 Å². The first-order valence-corrected chi connectivity index (χ1v) is 7.04. The van der Waals surface area contributed by atoms with Crippen molar-refractivity contribution in [2.45, 2.75) is 32.7 Å². The third-order valence-electron chi connectivity index (χ3n) is 3.42. The number of carbonyl (C=O) groups is 2. The Balaban J connectivity index is 3.13. The second-order valence-corrected chi connectivity index (χ2v) is 4.67. The zero-order valence-electron chi connectivity index (χ0n) is 12.7. The maximum atomic E-state index is 12.7. The Hall–Kier alpha value is -1.95. The Labute approximate surface area is 124 Å². The summed E-state index contributed by atoms with van der Waals surface area (Å²) < 4.78 is 5.04. The van der Waals surface area contributed by atoms with Crippen LogP contribution in [0, 0.1) is 0 Å². The van der Waals surface area contributed by atoms with Gasteiger partial charge >= 0.3 is 5.97 Å². The molecule has 0 aromatic carbocycles. The summed E-state index contributed by atoms with van der Waals surface area (Å²) in [6.45, 7) is 4.81. The lowest BCUT2D eigenvalue weighted by Crippen LogP contribution is -2.42. The number of aromatic nitrogens is 1. The van der Waals surface area contributed by atoms with Crippen molar-refractivity contribution in [1.29, 1.82) is 0 Å². The molecule has 1 aromatic heterocycles. The Bertz CT molecular complexity index is 486. The van der Waals surface area contributed by atoms with Crippen LogP contribution < -0.4 is 0 Å². The number of rotatable bonds is 8. The van der Waals surface area contributed by atoms with E-state index in [4.69, 9.17) is 4.74 Å². The summed E-state index contributed by atoms with van der Waals surface area (Å²) >= 11 is 0. The van der Waals surface area contributed by atoms with Crippen molar-refractivity contribution < 1.29 is 19.4 Å². The van der Waals surface area contributed by atoms with Crippen LogP contribution in [0.2, 0.25) is 0 Å². The van der Waals surface area contributed by atoms with E-state index in [1.54, 1.807) is 12.0 Å². The van der Waals surface area contributed by atoms with Gasteiger partial charge in [0.25, 0.3) is 5.91 Å². The quantitative estimate of drug-likeness (QED) is 0.793. The summed E-state index contributed by atoms with van der Waals surface area (Å²) in [5.74, 6) is -1.51. The van der Waals surface area contributed by atoms with Crippen molar-refractivity contribution in [2.75, 3.05) is 20.3 Å². The van der Waals surface area contributed by atoms with E-state index in [1.807, 2.05) is 13.8 Å². The second kappa shape index (κ2) is 8.36. The first kappa shape index (κ1) is 17.1. The molecule has 1 aromatic rings. The van der Waals surface area contributed by atoms with Crippen LogP contribution in [0.4, 0.5) is 0 Å². The molecule has 0 aliphatic rings. The third kappa shape index (κ3) is 4.26. The van der Waals surface area contributed by atoms with Gasteiger partial charge in [-0.15, -0.1) is 0 Å². The van der Waals surface area contributed by atoms with Crippen LogP contribution in [0.15, 0.2) is 18.3 Å². The van der Waals surface area contributed by atoms with Gasteiger partial charge in [0.15, 0.2) is 0 Å². The predicted molar refractivity (Wildman–Crippen MR) is 78.5 cm³/mol. The number of hydrogen-bond donors (Lipinski definition) is 1. The first-order valence-electron chi connectivity index (χ1n) is 7.04. The highest BCUT2D eigenvalue weighted by Crippen LogP contribution is 2.15. The van der Waals surface area contributed by atoms with Crippen LogP contribution in [0.5, 0.6) is 0 Å². The zero-order chi connectivity index (χ0) is 15.8. The highest BCUT2D eigenvalue weighted by molar-refractivity contribution is 6.03. The van der Waals surface area contributed by atoms with E-state index >= 15 is 0 Å². The Kier molecular flexibility index (Phi) is 6.81. The van der Waals surface area contributed by atoms with Crippen LogP contribution in [0.1, 0.15) is 47.5 Å². The molecule has 0 bridgehead atoms. The van der Waals surface area contributed by atoms with Crippen molar-refractivity contribution in [3.05, 3.63) is 29.6 Å². The van der Waals surface area contributed by atoms with Gasteiger partial charge in [-0.05, 0) is 25.0 Å². The van der Waals surface area contributed by atoms with Gasteiger partial charge in [0.1, 0.15) is 5.69 Å². The fourth-order valence-electron chi connectivity index (χ4n) is 2.25. The number of pyridine rings is 1. The number of carboxylic acids is 1. The molecule has 0 unspecified atom stereocenters. The molecule has 1 amide bonds. The van der Waals surface area contributed by atoms with E-state index in [-0.39, 0.29) is 23.2 Å². The Morgan fingerprint density at radius 3 is 2.57 bits per heavy atom. The molecule has 1 rings (SSSR count). The Morgan fingerprint density at radius 1 is 1.38 bits per heavy atom. The number of methoxy groups -OCH3 is 1. The molecule has 6 nitrogen and oxygen atoms in total. The topological polar surface area (TPSA) is 79.7 Å². The highest BCUT2D eigenvalue weighted by Gasteiger charge is 2.26. The highest BCUT2D eigenvalue weighted by atomic mass is 16.5. The van der Waals surface area contributed by atoms with Crippen LogP contribution in [-0.4, -0.2) is 53.2 Å². The average Bonchev–Trinajstić information content (AvgIpc) is 2.50. The van der Waals surface area contributed by atoms with E-state index < -0.39 is 5.97 Å². The van der Waals surface area contributed by atoms with Crippen LogP contribution in [0.3, 0.4) is 0 Å². The fourth-order valence-corrected chi connectivity index (χ4v) is 2.25. The lowest BCUT2D eigenvalue weighted by atomic mass is 10.1. The van der Waals surface area contributed by atoms with Crippen molar-refractivity contribution >= 4 is 11.9 Å². The van der Waals surface area contributed by atoms with E-state index in [0.29, 0.717) is 13.2 Å². The van der Waals surface area contributed by atoms with Crippen LogP contribution in [0.25, 0.3) is 0 Å². The number of amides is 1. The summed E-state index contributed by atoms with van der Waals surface area (Å²) in [4.78, 5) is 29.5. The van der Waals surface area contributed by atoms with Crippen molar-refractivity contribution in [3.8, 4) is 0 Å². The summed E-state index contributed by atoms with van der Waals surface area (Å²) in [5, 5.41) is 9.19. The second-order valence-electron chi connectivity index (χ2n) is 4.67. The number of hydrogen-bond acceptors (Lipinski definition) is 4. The molecule has 0 saturated heterocycles. The zero-order valence-corrected chi connectivity index (χ0v) is 12.7. The summed E-state index contributed by atoms with van der Waals surface area (Å²) in [7, 11) is 1.57. The molecule has 0 aliphatic heterocycles.